The van der Waals surface area contributed by atoms with Crippen LogP contribution in [0.25, 0.3) is 0 Å². The molecule has 0 fully saturated rings. The van der Waals surface area contributed by atoms with Gasteiger partial charge in [0.05, 0.1) is 5.03 Å². The van der Waals surface area contributed by atoms with Crippen LogP contribution in [0.2, 0.25) is 0 Å². The van der Waals surface area contributed by atoms with Crippen LogP contribution < -0.4 is 5.73 Å². The summed E-state index contributed by atoms with van der Waals surface area (Å²) in [7, 11) is 0. The summed E-state index contributed by atoms with van der Waals surface area (Å²) in [5.41, 5.74) is 5.15. The summed E-state index contributed by atoms with van der Waals surface area (Å²) in [6.07, 6.45) is 5.45. The molecule has 0 amide bonds. The SMILES string of the molecule is C/C=C\C=C(\N)S. The number of nitrogens with two attached hydrogens (primary N) is 1. The second-order valence-corrected chi connectivity index (χ2v) is 1.63. The molecule has 0 aromatic rings. The van der Waals surface area contributed by atoms with E-state index in [0.29, 0.717) is 5.03 Å². The fraction of sp³-hybridized carbons (Fsp3) is 0.200. The molecule has 0 aliphatic carbocycles. The zero-order valence-corrected chi connectivity index (χ0v) is 5.15. The lowest BCUT2D eigenvalue weighted by molar-refractivity contribution is 1.55. The van der Waals surface area contributed by atoms with Crippen molar-refractivity contribution in [2.75, 3.05) is 0 Å². The summed E-state index contributed by atoms with van der Waals surface area (Å²) >= 11 is 3.82. The van der Waals surface area contributed by atoms with E-state index < -0.39 is 0 Å². The van der Waals surface area contributed by atoms with Crippen molar-refractivity contribution in [1.82, 2.24) is 0 Å². The summed E-state index contributed by atoms with van der Waals surface area (Å²) in [5.74, 6) is 0. The van der Waals surface area contributed by atoms with Crippen molar-refractivity contribution < 1.29 is 0 Å². The summed E-state index contributed by atoms with van der Waals surface area (Å²) in [4.78, 5) is 0. The molecule has 40 valence electrons. The average molecular weight is 115 g/mol. The molecule has 0 spiro atoms. The first-order valence-electron chi connectivity index (χ1n) is 2.04. The zero-order chi connectivity index (χ0) is 5.70. The van der Waals surface area contributed by atoms with Crippen LogP contribution in [-0.2, 0) is 0 Å². The van der Waals surface area contributed by atoms with E-state index in [1.54, 1.807) is 6.08 Å². The molecule has 0 heterocycles. The fourth-order valence-electron chi connectivity index (χ4n) is 0.195. The highest BCUT2D eigenvalue weighted by Crippen LogP contribution is 1.87. The average Bonchev–Trinajstić information content (AvgIpc) is 1.61. The molecule has 0 radical (unpaired) electrons. The van der Waals surface area contributed by atoms with Crippen molar-refractivity contribution in [1.29, 1.82) is 0 Å². The van der Waals surface area contributed by atoms with Gasteiger partial charge in [0.1, 0.15) is 0 Å². The molecule has 0 rings (SSSR count). The smallest absolute Gasteiger partial charge is 0.0624 e. The van der Waals surface area contributed by atoms with E-state index >= 15 is 0 Å². The van der Waals surface area contributed by atoms with Gasteiger partial charge in [-0.05, 0) is 13.0 Å². The maximum atomic E-state index is 5.15. The number of allylic oxidation sites excluding steroid dienone is 3. The van der Waals surface area contributed by atoms with Crippen LogP contribution >= 0.6 is 12.6 Å². The third-order valence-corrected chi connectivity index (χ3v) is 0.609. The Kier molecular flexibility index (Phi) is 3.61. The van der Waals surface area contributed by atoms with E-state index in [1.165, 1.54) is 0 Å². The molecular formula is C5H9NS. The Morgan fingerprint density at radius 2 is 2.29 bits per heavy atom. The highest BCUT2D eigenvalue weighted by atomic mass is 32.1. The molecule has 7 heavy (non-hydrogen) atoms. The minimum atomic E-state index is 0.540. The third-order valence-electron chi connectivity index (χ3n) is 0.459. The van der Waals surface area contributed by atoms with Crippen LogP contribution in [0.4, 0.5) is 0 Å². The van der Waals surface area contributed by atoms with Crippen LogP contribution in [0.1, 0.15) is 6.92 Å². The van der Waals surface area contributed by atoms with Crippen molar-refractivity contribution in [3.8, 4) is 0 Å². The minimum Gasteiger partial charge on any atom is -0.394 e. The maximum Gasteiger partial charge on any atom is 0.0624 e. The van der Waals surface area contributed by atoms with Gasteiger partial charge in [0.2, 0.25) is 0 Å². The number of thiol groups is 1. The number of hydrogen-bond donors (Lipinski definition) is 2. The van der Waals surface area contributed by atoms with E-state index in [4.69, 9.17) is 5.73 Å². The Labute approximate surface area is 49.3 Å². The highest BCUT2D eigenvalue weighted by molar-refractivity contribution is 7.84. The van der Waals surface area contributed by atoms with Gasteiger partial charge >= 0.3 is 0 Å². The predicted octanol–water partition coefficient (Wildman–Crippen LogP) is 1.29. The molecule has 2 N–H and O–H groups in total. The first kappa shape index (κ1) is 6.63. The largest absolute Gasteiger partial charge is 0.394 e. The lowest BCUT2D eigenvalue weighted by Gasteiger charge is -1.78. The molecule has 0 unspecified atom stereocenters. The molecule has 0 bridgehead atoms. The van der Waals surface area contributed by atoms with Crippen molar-refractivity contribution in [3.63, 3.8) is 0 Å². The second kappa shape index (κ2) is 3.81. The Bertz CT molecular complexity index is 90.3. The van der Waals surface area contributed by atoms with E-state index in [0.717, 1.165) is 0 Å². The minimum absolute atomic E-state index is 0.540. The van der Waals surface area contributed by atoms with Gasteiger partial charge in [0.25, 0.3) is 0 Å². The quantitative estimate of drug-likeness (QED) is 0.391. The molecule has 0 aliphatic heterocycles. The Morgan fingerprint density at radius 3 is 2.43 bits per heavy atom. The molecule has 0 atom stereocenters. The van der Waals surface area contributed by atoms with Crippen LogP contribution in [-0.4, -0.2) is 0 Å². The van der Waals surface area contributed by atoms with Gasteiger partial charge in [-0.25, -0.2) is 0 Å². The van der Waals surface area contributed by atoms with Gasteiger partial charge in [-0.15, -0.1) is 12.6 Å². The standard InChI is InChI=1S/C5H9NS/c1-2-3-4-5(6)7/h2-4,7H,6H2,1H3/b3-2-,5-4-. The Morgan fingerprint density at radius 1 is 1.71 bits per heavy atom. The maximum absolute atomic E-state index is 5.15. The lowest BCUT2D eigenvalue weighted by atomic mass is 10.5. The Hall–Kier alpha value is -0.370. The predicted molar refractivity (Wildman–Crippen MR) is 36.1 cm³/mol. The zero-order valence-electron chi connectivity index (χ0n) is 4.26. The van der Waals surface area contributed by atoms with Gasteiger partial charge in [0.15, 0.2) is 0 Å². The van der Waals surface area contributed by atoms with Crippen molar-refractivity contribution in [2.24, 2.45) is 5.73 Å². The molecule has 0 aromatic carbocycles. The highest BCUT2D eigenvalue weighted by Gasteiger charge is 1.66. The summed E-state index contributed by atoms with van der Waals surface area (Å²) in [6, 6.07) is 0. The normalized spacial score (nSPS) is 13.1. The topological polar surface area (TPSA) is 26.0 Å². The van der Waals surface area contributed by atoms with E-state index in [1.807, 2.05) is 19.1 Å². The first-order valence-corrected chi connectivity index (χ1v) is 2.49. The van der Waals surface area contributed by atoms with E-state index in [9.17, 15) is 0 Å². The fourth-order valence-corrected chi connectivity index (χ4v) is 0.281. The number of rotatable bonds is 1. The van der Waals surface area contributed by atoms with E-state index in [2.05, 4.69) is 12.6 Å². The molecule has 0 saturated heterocycles. The van der Waals surface area contributed by atoms with Crippen molar-refractivity contribution >= 4 is 12.6 Å². The van der Waals surface area contributed by atoms with Crippen molar-refractivity contribution in [2.45, 2.75) is 6.92 Å². The Balaban J connectivity index is 3.46. The van der Waals surface area contributed by atoms with Crippen LogP contribution in [0.3, 0.4) is 0 Å². The lowest BCUT2D eigenvalue weighted by Crippen LogP contribution is -1.83. The van der Waals surface area contributed by atoms with Crippen LogP contribution in [0, 0.1) is 0 Å². The molecule has 0 saturated carbocycles. The van der Waals surface area contributed by atoms with Gasteiger partial charge in [-0.3, -0.25) is 0 Å². The van der Waals surface area contributed by atoms with Crippen LogP contribution in [0.15, 0.2) is 23.3 Å². The molecule has 1 nitrogen and oxygen atoms in total. The summed E-state index contributed by atoms with van der Waals surface area (Å²) in [5, 5.41) is 0.540. The molecule has 0 aromatic heterocycles. The molecular weight excluding hydrogens is 106 g/mol. The van der Waals surface area contributed by atoms with Crippen LogP contribution in [0.5, 0.6) is 0 Å². The van der Waals surface area contributed by atoms with Gasteiger partial charge in [-0.1, -0.05) is 12.2 Å². The number of hydrogen-bond acceptors (Lipinski definition) is 2. The molecule has 2 heteroatoms. The van der Waals surface area contributed by atoms with Gasteiger partial charge < -0.3 is 5.73 Å². The summed E-state index contributed by atoms with van der Waals surface area (Å²) in [6.45, 7) is 1.92. The van der Waals surface area contributed by atoms with Crippen molar-refractivity contribution in [3.05, 3.63) is 23.3 Å². The van der Waals surface area contributed by atoms with Gasteiger partial charge in [-0.2, -0.15) is 0 Å². The second-order valence-electron chi connectivity index (χ2n) is 1.12. The van der Waals surface area contributed by atoms with E-state index in [-0.39, 0.29) is 0 Å². The molecule has 0 aliphatic rings. The first-order chi connectivity index (χ1) is 3.27. The summed E-state index contributed by atoms with van der Waals surface area (Å²) < 4.78 is 0. The third kappa shape index (κ3) is 5.63. The monoisotopic (exact) mass is 115 g/mol. The van der Waals surface area contributed by atoms with Gasteiger partial charge in [0, 0.05) is 0 Å².